The molecule has 0 bridgehead atoms. The van der Waals surface area contributed by atoms with Crippen molar-refractivity contribution in [3.8, 4) is 0 Å². The molecule has 1 fully saturated rings. The standard InChI is InChI=1S/C12H25OSi.C8H14N.C4H7O3S.8C4H9.C3H5O.4CH3.4H3P.4Sn/c1-8-9-13-14(10(2)3,11(4)5)12(6)7;1-2-6-9-7-4-3-5-8-9;1-3-4-7-8(2,5)6;8*1-3-4-2;1-2-3-4;;;;;;;;;;;;/h1,8,10-12H,9H2,2-7H3;1-2H,3-8H2;1,3H,4H2,2H3;8*1,3-4H2,2H3;1-2,4H,3H2;8*1H3;;;;. The zero-order valence-electron chi connectivity index (χ0n) is 56.9. The minimum absolute atomic E-state index is 0. The quantitative estimate of drug-likeness (QED) is 0.0374. The van der Waals surface area contributed by atoms with E-state index in [1.165, 1.54) is 168 Å². The van der Waals surface area contributed by atoms with Crippen LogP contribution in [0.1, 0.15) is 219 Å². The molecule has 1 heterocycles. The van der Waals surface area contributed by atoms with E-state index in [2.05, 4.69) is 150 Å². The van der Waals surface area contributed by atoms with Crippen molar-refractivity contribution in [2.24, 2.45) is 0 Å². The Labute approximate surface area is 529 Å². The van der Waals surface area contributed by atoms with Gasteiger partial charge in [0.2, 0.25) is 0 Å². The Hall–Kier alpha value is 3.88. The van der Waals surface area contributed by atoms with Gasteiger partial charge < -0.3 is 0 Å². The van der Waals surface area contributed by atoms with Crippen LogP contribution in [0.3, 0.4) is 0 Å². The molecule has 0 radical (unpaired) electrons. The first-order valence-electron chi connectivity index (χ1n) is 31.9. The molecule has 0 aliphatic carbocycles. The molecule has 4 unspecified atom stereocenters. The molecule has 0 amide bonds. The van der Waals surface area contributed by atoms with Crippen molar-refractivity contribution in [2.45, 2.75) is 291 Å². The van der Waals surface area contributed by atoms with Crippen molar-refractivity contribution in [2.75, 3.05) is 45.7 Å². The van der Waals surface area contributed by atoms with Gasteiger partial charge in [-0.2, -0.15) is 39.6 Å². The Morgan fingerprint density at radius 2 is 0.722 bits per heavy atom. The number of unbranched alkanes of at least 4 members (excludes halogenated alkanes) is 8. The van der Waals surface area contributed by atoms with Gasteiger partial charge in [0.25, 0.3) is 0 Å². The first kappa shape index (κ1) is 96.5. The summed E-state index contributed by atoms with van der Waals surface area (Å²) < 4.78 is 55.2. The van der Waals surface area contributed by atoms with Crippen LogP contribution in [0, 0.1) is 0 Å². The third-order valence-electron chi connectivity index (χ3n) is 16.3. The predicted molar refractivity (Wildman–Crippen MR) is 400 cm³/mol. The summed E-state index contributed by atoms with van der Waals surface area (Å²) in [5.41, 5.74) is 2.04. The Morgan fingerprint density at radius 3 is 0.975 bits per heavy atom. The molecule has 0 aromatic rings. The van der Waals surface area contributed by atoms with Gasteiger partial charge in [-0.1, -0.05) is 0 Å². The van der Waals surface area contributed by atoms with Crippen LogP contribution in [0.25, 0.3) is 0 Å². The van der Waals surface area contributed by atoms with Crippen molar-refractivity contribution in [1.29, 1.82) is 0 Å². The molecular formula is C63H147NO5P4SSiSn4. The largest absolute Gasteiger partial charge is 0.153 e. The van der Waals surface area contributed by atoms with Crippen molar-refractivity contribution in [3.05, 3.63) is 40.7 Å². The zero-order valence-corrected chi connectivity index (χ0v) is 75.8. The molecule has 1 aliphatic heterocycles. The molecule has 1 N–H and O–H groups in total. The minimum atomic E-state index is -3.30. The van der Waals surface area contributed by atoms with Crippen LogP contribution in [-0.2, 0) is 18.7 Å². The zero-order chi connectivity index (χ0) is 57.7. The van der Waals surface area contributed by atoms with Crippen LogP contribution < -0.4 is 0 Å². The summed E-state index contributed by atoms with van der Waals surface area (Å²) in [4.78, 5) is 12.9. The van der Waals surface area contributed by atoms with E-state index >= 15 is 0 Å². The van der Waals surface area contributed by atoms with Crippen molar-refractivity contribution in [1.82, 2.24) is 4.90 Å². The van der Waals surface area contributed by atoms with E-state index in [1.807, 2.05) is 12.2 Å². The van der Waals surface area contributed by atoms with Crippen LogP contribution in [0.4, 0.5) is 0 Å². The summed E-state index contributed by atoms with van der Waals surface area (Å²) >= 11 is -7.91. The van der Waals surface area contributed by atoms with E-state index < -0.39 is 91.9 Å². The maximum atomic E-state index is 10.9. The molecule has 1 rings (SSSR count). The molecule has 480 valence electrons. The number of piperidine rings is 1. The van der Waals surface area contributed by atoms with Gasteiger partial charge in [0.05, 0.1) is 0 Å². The maximum absolute atomic E-state index is 10.9. The molecule has 6 nitrogen and oxygen atoms in total. The topological polar surface area (TPSA) is 76.1 Å². The third-order valence-corrected chi connectivity index (χ3v) is 69.0. The summed E-state index contributed by atoms with van der Waals surface area (Å²) in [6, 6.07) is 0. The molecule has 79 heavy (non-hydrogen) atoms. The molecule has 4 atom stereocenters. The number of hydrogen-bond acceptors (Lipinski definition) is 6. The minimum Gasteiger partial charge on any atom is -0.153 e. The van der Waals surface area contributed by atoms with Crippen LogP contribution in [0.5, 0.6) is 0 Å². The fraction of sp³-hybridized carbons (Fsp3) is 0.873. The maximum Gasteiger partial charge on any atom is -0.153 e. The van der Waals surface area contributed by atoms with E-state index in [0.29, 0.717) is 16.6 Å². The van der Waals surface area contributed by atoms with Crippen LogP contribution in [0.2, 0.25) is 71.9 Å². The molecule has 0 aromatic heterocycles. The second kappa shape index (κ2) is 59.5. The normalized spacial score (nSPS) is 13.9. The first-order chi connectivity index (χ1) is 35.4. The van der Waals surface area contributed by atoms with Gasteiger partial charge in [-0.05, 0) is 0 Å². The number of aliphatic hydroxyl groups is 1. The molecule has 1 saturated heterocycles. The van der Waals surface area contributed by atoms with E-state index in [9.17, 15) is 8.42 Å². The van der Waals surface area contributed by atoms with Gasteiger partial charge in [-0.25, -0.2) is 0 Å². The van der Waals surface area contributed by atoms with Gasteiger partial charge >= 0.3 is 496 Å². The summed E-state index contributed by atoms with van der Waals surface area (Å²) in [5.74, 6) is 0. The van der Waals surface area contributed by atoms with Crippen molar-refractivity contribution in [3.63, 3.8) is 0 Å². The summed E-state index contributed by atoms with van der Waals surface area (Å²) in [5, 5.41) is 8.83. The van der Waals surface area contributed by atoms with Crippen molar-refractivity contribution >= 4 is 132 Å². The van der Waals surface area contributed by atoms with Gasteiger partial charge in [0.15, 0.2) is 0 Å². The van der Waals surface area contributed by atoms with Crippen LogP contribution in [0.15, 0.2) is 40.7 Å². The molecule has 1 aliphatic rings. The average molecular weight is 1660 g/mol. The molecule has 16 heteroatoms. The SMILES string of the molecule is CCC[CH2][Sn]([CH3])(/[CH]=C/CN1CCCCC1)[CH2]CCC.CCC[CH2][Sn]([CH3])(/[CH]=C/CO)[CH2]CCC.CCC[CH2][Sn]([CH3])(/[CH]=C/COS(C)(=O)=O)[CH2]CCC.CCC[CH2][Sn]([CH3])(/[CH]=C/CO[Si](C(C)C)(C(C)C)C(C)C)[CH2]CCC.P.P.P.P. The fourth-order valence-corrected chi connectivity index (χ4v) is 57.8. The van der Waals surface area contributed by atoms with E-state index in [1.54, 1.807) is 8.87 Å². The van der Waals surface area contributed by atoms with Gasteiger partial charge in [-0.3, -0.25) is 0 Å². The Morgan fingerprint density at radius 1 is 0.456 bits per heavy atom. The predicted octanol–water partition coefficient (Wildman–Crippen LogP) is 20.9. The van der Waals surface area contributed by atoms with E-state index in [4.69, 9.17) is 13.7 Å². The Kier molecular flexibility index (Phi) is 72.7. The van der Waals surface area contributed by atoms with E-state index in [0.717, 1.165) is 12.9 Å². The molecular weight excluding hydrogens is 1510 g/mol. The smallest absolute Gasteiger partial charge is 0.153 e. The average Bonchev–Trinajstić information content (AvgIpc) is 3.37. The second-order valence-corrected chi connectivity index (χ2v) is 85.3. The van der Waals surface area contributed by atoms with E-state index in [-0.39, 0.29) is 52.8 Å². The second-order valence-electron chi connectivity index (χ2n) is 25.2. The molecule has 0 spiro atoms. The number of likely N-dealkylation sites (tertiary alicyclic amines) is 1. The number of nitrogens with zero attached hydrogens (tertiary/aromatic N) is 1. The van der Waals surface area contributed by atoms with Gasteiger partial charge in [-0.15, -0.1) is 0 Å². The molecule has 0 saturated carbocycles. The first-order valence-corrected chi connectivity index (χ1v) is 70.0. The Balaban J connectivity index is -0.000000175. The van der Waals surface area contributed by atoms with Gasteiger partial charge in [0.1, 0.15) is 0 Å². The Bertz CT molecular complexity index is 1500. The number of rotatable bonds is 40. The summed E-state index contributed by atoms with van der Waals surface area (Å²) in [7, 11) is -5.01. The van der Waals surface area contributed by atoms with Gasteiger partial charge in [0, 0.05) is 0 Å². The summed E-state index contributed by atoms with van der Waals surface area (Å²) in [6.07, 6.45) is 35.9. The van der Waals surface area contributed by atoms with Crippen LogP contribution >= 0.6 is 39.6 Å². The van der Waals surface area contributed by atoms with Crippen LogP contribution in [-0.4, -0.2) is 146 Å². The number of aliphatic hydroxyl groups excluding tert-OH is 1. The third kappa shape index (κ3) is 52.4. The fourth-order valence-electron chi connectivity index (χ4n) is 11.3. The van der Waals surface area contributed by atoms with Crippen molar-refractivity contribution < 1.29 is 22.1 Å². The molecule has 0 aromatic carbocycles. The summed E-state index contributed by atoms with van der Waals surface area (Å²) in [6.45, 7) is 37.7. The monoisotopic (exact) mass is 1660 g/mol. The number of hydrogen-bond donors (Lipinski definition) is 1.